The van der Waals surface area contributed by atoms with Crippen LogP contribution in [0.5, 0.6) is 0 Å². The number of aliphatic hydroxyl groups excluding tert-OH is 1. The number of nitrogens with zero attached hydrogens (tertiary/aromatic N) is 1. The van der Waals surface area contributed by atoms with Crippen molar-refractivity contribution in [3.05, 3.63) is 29.6 Å². The quantitative estimate of drug-likeness (QED) is 0.819. The Kier molecular flexibility index (Phi) is 3.97. The molecule has 2 rings (SSSR count). The summed E-state index contributed by atoms with van der Waals surface area (Å²) in [5, 5.41) is 9.07. The van der Waals surface area contributed by atoms with Crippen molar-refractivity contribution in [1.82, 2.24) is 0 Å². The molecule has 0 radical (unpaired) electrons. The van der Waals surface area contributed by atoms with Gasteiger partial charge in [-0.15, -0.1) is 0 Å². The second kappa shape index (κ2) is 5.47. The van der Waals surface area contributed by atoms with Crippen LogP contribution in [0.15, 0.2) is 18.2 Å². The Labute approximate surface area is 101 Å². The van der Waals surface area contributed by atoms with E-state index in [1.807, 2.05) is 11.0 Å². The summed E-state index contributed by atoms with van der Waals surface area (Å²) >= 11 is 0. The molecule has 1 aliphatic rings. The van der Waals surface area contributed by atoms with Crippen molar-refractivity contribution in [2.45, 2.75) is 31.8 Å². The molecule has 1 aromatic rings. The summed E-state index contributed by atoms with van der Waals surface area (Å²) in [6.45, 7) is 0.888. The van der Waals surface area contributed by atoms with Crippen molar-refractivity contribution in [2.24, 2.45) is 5.73 Å². The van der Waals surface area contributed by atoms with Crippen molar-refractivity contribution in [2.75, 3.05) is 18.1 Å². The smallest absolute Gasteiger partial charge is 0.146 e. The lowest BCUT2D eigenvalue weighted by molar-refractivity contribution is 0.282. The molecule has 0 heterocycles. The maximum Gasteiger partial charge on any atom is 0.146 e. The van der Waals surface area contributed by atoms with E-state index in [1.165, 1.54) is 12.5 Å². The average Bonchev–Trinajstić information content (AvgIpc) is 2.26. The Balaban J connectivity index is 2.22. The molecule has 4 heteroatoms. The minimum absolute atomic E-state index is 0.0502. The number of nitrogens with two attached hydrogens (primary N) is 1. The van der Waals surface area contributed by atoms with E-state index in [0.29, 0.717) is 24.8 Å². The molecule has 94 valence electrons. The van der Waals surface area contributed by atoms with Crippen LogP contribution in [0, 0.1) is 5.82 Å². The highest BCUT2D eigenvalue weighted by atomic mass is 19.1. The molecule has 17 heavy (non-hydrogen) atoms. The van der Waals surface area contributed by atoms with Gasteiger partial charge < -0.3 is 15.7 Å². The lowest BCUT2D eigenvalue weighted by Crippen LogP contribution is -2.42. The minimum atomic E-state index is -0.242. The first-order valence-electron chi connectivity index (χ1n) is 6.12. The number of rotatable bonds is 5. The van der Waals surface area contributed by atoms with Crippen LogP contribution in [0.3, 0.4) is 0 Å². The molecule has 3 N–H and O–H groups in total. The van der Waals surface area contributed by atoms with E-state index < -0.39 is 0 Å². The number of benzene rings is 1. The molecular weight excluding hydrogens is 219 g/mol. The van der Waals surface area contributed by atoms with Crippen molar-refractivity contribution >= 4 is 5.69 Å². The Bertz CT molecular complexity index is 380. The third-order valence-electron chi connectivity index (χ3n) is 3.41. The van der Waals surface area contributed by atoms with Gasteiger partial charge in [0.2, 0.25) is 0 Å². The third kappa shape index (κ3) is 2.58. The first-order chi connectivity index (χ1) is 8.26. The number of halogens is 1. The molecule has 1 aromatic carbocycles. The molecule has 1 fully saturated rings. The molecular formula is C13H19FN2O. The maximum atomic E-state index is 14.0. The topological polar surface area (TPSA) is 49.5 Å². The Hall–Kier alpha value is -1.13. The van der Waals surface area contributed by atoms with E-state index in [2.05, 4.69) is 0 Å². The van der Waals surface area contributed by atoms with Gasteiger partial charge in [-0.25, -0.2) is 4.39 Å². The summed E-state index contributed by atoms with van der Waals surface area (Å²) < 4.78 is 14.0. The van der Waals surface area contributed by atoms with E-state index >= 15 is 0 Å². The summed E-state index contributed by atoms with van der Waals surface area (Å²) in [7, 11) is 0. The van der Waals surface area contributed by atoms with E-state index in [1.54, 1.807) is 6.07 Å². The van der Waals surface area contributed by atoms with Crippen LogP contribution >= 0.6 is 0 Å². The third-order valence-corrected chi connectivity index (χ3v) is 3.41. The van der Waals surface area contributed by atoms with E-state index in [4.69, 9.17) is 10.8 Å². The van der Waals surface area contributed by atoms with Crippen LogP contribution in [-0.2, 0) is 6.54 Å². The molecule has 0 unspecified atom stereocenters. The lowest BCUT2D eigenvalue weighted by Gasteiger charge is -2.39. The molecule has 0 spiro atoms. The zero-order valence-corrected chi connectivity index (χ0v) is 9.90. The summed E-state index contributed by atoms with van der Waals surface area (Å²) in [5.41, 5.74) is 6.86. The first-order valence-corrected chi connectivity index (χ1v) is 6.12. The molecule has 0 saturated heterocycles. The number of anilines is 1. The fourth-order valence-corrected chi connectivity index (χ4v) is 2.22. The van der Waals surface area contributed by atoms with E-state index in [-0.39, 0.29) is 12.4 Å². The van der Waals surface area contributed by atoms with Gasteiger partial charge in [0.15, 0.2) is 0 Å². The lowest BCUT2D eigenvalue weighted by atomic mass is 9.91. The zero-order chi connectivity index (χ0) is 12.3. The van der Waals surface area contributed by atoms with Crippen molar-refractivity contribution in [3.63, 3.8) is 0 Å². The maximum absolute atomic E-state index is 14.0. The Morgan fingerprint density at radius 2 is 2.18 bits per heavy atom. The van der Waals surface area contributed by atoms with Crippen molar-refractivity contribution in [3.8, 4) is 0 Å². The highest BCUT2D eigenvalue weighted by Gasteiger charge is 2.26. The SMILES string of the molecule is NCc1ccc(N(CCO)C2CCC2)c(F)c1. The number of hydrogen-bond acceptors (Lipinski definition) is 3. The summed E-state index contributed by atoms with van der Waals surface area (Å²) in [4.78, 5) is 1.97. The van der Waals surface area contributed by atoms with Gasteiger partial charge in [0.25, 0.3) is 0 Å². The van der Waals surface area contributed by atoms with Gasteiger partial charge in [-0.2, -0.15) is 0 Å². The van der Waals surface area contributed by atoms with Gasteiger partial charge in [-0.3, -0.25) is 0 Å². The largest absolute Gasteiger partial charge is 0.395 e. The molecule has 0 aromatic heterocycles. The molecule has 3 nitrogen and oxygen atoms in total. The van der Waals surface area contributed by atoms with Crippen molar-refractivity contribution < 1.29 is 9.50 Å². The van der Waals surface area contributed by atoms with Crippen LogP contribution < -0.4 is 10.6 Å². The fourth-order valence-electron chi connectivity index (χ4n) is 2.22. The highest BCUT2D eigenvalue weighted by molar-refractivity contribution is 5.50. The van der Waals surface area contributed by atoms with Crippen LogP contribution in [0.25, 0.3) is 0 Å². The van der Waals surface area contributed by atoms with Gasteiger partial charge in [0.1, 0.15) is 5.82 Å². The van der Waals surface area contributed by atoms with Gasteiger partial charge >= 0.3 is 0 Å². The molecule has 1 saturated carbocycles. The van der Waals surface area contributed by atoms with Crippen LogP contribution in [0.2, 0.25) is 0 Å². The molecule has 0 amide bonds. The van der Waals surface area contributed by atoms with Gasteiger partial charge in [-0.05, 0) is 37.0 Å². The van der Waals surface area contributed by atoms with Crippen molar-refractivity contribution in [1.29, 1.82) is 0 Å². The summed E-state index contributed by atoms with van der Waals surface area (Å²) in [6.07, 6.45) is 3.35. The summed E-state index contributed by atoms with van der Waals surface area (Å²) in [6, 6.07) is 5.48. The fraction of sp³-hybridized carbons (Fsp3) is 0.538. The molecule has 0 atom stereocenters. The first kappa shape index (κ1) is 12.3. The van der Waals surface area contributed by atoms with E-state index in [9.17, 15) is 4.39 Å². The Morgan fingerprint density at radius 3 is 2.65 bits per heavy atom. The van der Waals surface area contributed by atoms with Crippen LogP contribution in [-0.4, -0.2) is 24.3 Å². The number of hydrogen-bond donors (Lipinski definition) is 2. The molecule has 0 bridgehead atoms. The average molecular weight is 238 g/mol. The Morgan fingerprint density at radius 1 is 1.41 bits per heavy atom. The predicted molar refractivity (Wildman–Crippen MR) is 66.4 cm³/mol. The van der Waals surface area contributed by atoms with Gasteiger partial charge in [0, 0.05) is 19.1 Å². The highest BCUT2D eigenvalue weighted by Crippen LogP contribution is 2.31. The van der Waals surface area contributed by atoms with Gasteiger partial charge in [0.05, 0.1) is 12.3 Å². The summed E-state index contributed by atoms with van der Waals surface area (Å²) in [5.74, 6) is -0.242. The normalized spacial score (nSPS) is 15.7. The van der Waals surface area contributed by atoms with E-state index in [0.717, 1.165) is 18.4 Å². The second-order valence-corrected chi connectivity index (χ2v) is 4.49. The minimum Gasteiger partial charge on any atom is -0.395 e. The monoisotopic (exact) mass is 238 g/mol. The number of aliphatic hydroxyl groups is 1. The standard InChI is InChI=1S/C13H19FN2O/c14-12-8-10(9-15)4-5-13(12)16(6-7-17)11-2-1-3-11/h4-5,8,11,17H,1-3,6-7,9,15H2. The van der Waals surface area contributed by atoms with Crippen LogP contribution in [0.1, 0.15) is 24.8 Å². The molecule has 0 aliphatic heterocycles. The van der Waals surface area contributed by atoms with Crippen LogP contribution in [0.4, 0.5) is 10.1 Å². The molecule has 1 aliphatic carbocycles. The van der Waals surface area contributed by atoms with Gasteiger partial charge in [-0.1, -0.05) is 6.07 Å². The predicted octanol–water partition coefficient (Wildman–Crippen LogP) is 1.64. The second-order valence-electron chi connectivity index (χ2n) is 4.49. The zero-order valence-electron chi connectivity index (χ0n) is 9.90.